The van der Waals surface area contributed by atoms with Gasteiger partial charge in [0.2, 0.25) is 0 Å². The molecule has 0 saturated heterocycles. The number of hydrogen-bond acceptors (Lipinski definition) is 3. The maximum Gasteiger partial charge on any atom is 0.168 e. The fourth-order valence-electron chi connectivity index (χ4n) is 3.91. The average molecular weight is 398 g/mol. The van der Waals surface area contributed by atoms with E-state index in [1.807, 2.05) is 53.2 Å². The number of methoxy groups -OCH3 is 2. The molecule has 0 bridgehead atoms. The fourth-order valence-corrected chi connectivity index (χ4v) is 3.91. The third-order valence-corrected chi connectivity index (χ3v) is 5.30. The van der Waals surface area contributed by atoms with Crippen LogP contribution in [0.4, 0.5) is 4.39 Å². The number of benzene rings is 4. The minimum atomic E-state index is -0.283. The molecule has 148 valence electrons. The van der Waals surface area contributed by atoms with Crippen molar-refractivity contribution in [3.63, 3.8) is 0 Å². The lowest BCUT2D eigenvalue weighted by Crippen LogP contribution is -1.98. The summed E-state index contributed by atoms with van der Waals surface area (Å²) in [5.41, 5.74) is 3.60. The summed E-state index contributed by atoms with van der Waals surface area (Å²) in [6.45, 7) is 0. The molecule has 4 nitrogen and oxygen atoms in total. The maximum atomic E-state index is 13.6. The molecule has 4 aromatic carbocycles. The van der Waals surface area contributed by atoms with Gasteiger partial charge in [-0.15, -0.1) is 0 Å². The summed E-state index contributed by atoms with van der Waals surface area (Å²) >= 11 is 0. The highest BCUT2D eigenvalue weighted by molar-refractivity contribution is 6.12. The lowest BCUT2D eigenvalue weighted by Gasteiger charge is -2.12. The van der Waals surface area contributed by atoms with Gasteiger partial charge in [0.05, 0.1) is 25.4 Å². The molecule has 0 fully saturated rings. The Morgan fingerprint density at radius 2 is 1.43 bits per heavy atom. The van der Waals surface area contributed by atoms with E-state index < -0.39 is 0 Å². The molecule has 0 amide bonds. The molecule has 0 saturated carbocycles. The van der Waals surface area contributed by atoms with Crippen molar-refractivity contribution < 1.29 is 13.9 Å². The summed E-state index contributed by atoms with van der Waals surface area (Å²) in [7, 11) is 3.26. The van der Waals surface area contributed by atoms with Gasteiger partial charge < -0.3 is 9.47 Å². The summed E-state index contributed by atoms with van der Waals surface area (Å²) in [4.78, 5) is 0. The lowest BCUT2D eigenvalue weighted by atomic mass is 10.0. The summed E-state index contributed by atoms with van der Waals surface area (Å²) in [5, 5.41) is 7.83. The van der Waals surface area contributed by atoms with Crippen molar-refractivity contribution in [1.29, 1.82) is 0 Å². The number of hydrogen-bond donors (Lipinski definition) is 0. The van der Waals surface area contributed by atoms with Crippen molar-refractivity contribution in [2.45, 2.75) is 0 Å². The smallest absolute Gasteiger partial charge is 0.168 e. The molecule has 5 heteroatoms. The third kappa shape index (κ3) is 2.78. The Morgan fingerprint density at radius 3 is 2.13 bits per heavy atom. The van der Waals surface area contributed by atoms with E-state index in [9.17, 15) is 4.39 Å². The number of halogens is 1. The first-order valence-electron chi connectivity index (χ1n) is 9.59. The van der Waals surface area contributed by atoms with Gasteiger partial charge in [-0.2, -0.15) is 5.10 Å². The van der Waals surface area contributed by atoms with Crippen molar-refractivity contribution in [3.05, 3.63) is 84.7 Å². The SMILES string of the molecule is COc1ccc2c(ccc3c(-c4ccccc4)nn(-c4ccc(F)cc4)c32)c1OC. The molecular weight excluding hydrogens is 379 g/mol. The van der Waals surface area contributed by atoms with Crippen LogP contribution in [0.5, 0.6) is 11.5 Å². The minimum Gasteiger partial charge on any atom is -0.493 e. The molecule has 0 aliphatic rings. The summed E-state index contributed by atoms with van der Waals surface area (Å²) < 4.78 is 26.5. The Morgan fingerprint density at radius 1 is 0.733 bits per heavy atom. The predicted octanol–water partition coefficient (Wildman–Crippen LogP) is 6.00. The molecular formula is C25H19FN2O2. The molecule has 0 spiro atoms. The van der Waals surface area contributed by atoms with Gasteiger partial charge in [-0.1, -0.05) is 30.3 Å². The number of aromatic nitrogens is 2. The molecule has 0 aliphatic heterocycles. The lowest BCUT2D eigenvalue weighted by molar-refractivity contribution is 0.358. The van der Waals surface area contributed by atoms with Crippen molar-refractivity contribution in [1.82, 2.24) is 9.78 Å². The number of fused-ring (bicyclic) bond motifs is 3. The first-order chi connectivity index (χ1) is 14.7. The molecule has 1 aromatic heterocycles. The quantitative estimate of drug-likeness (QED) is 0.372. The van der Waals surface area contributed by atoms with E-state index in [0.29, 0.717) is 11.5 Å². The highest BCUT2D eigenvalue weighted by atomic mass is 19.1. The topological polar surface area (TPSA) is 36.3 Å². The van der Waals surface area contributed by atoms with Crippen LogP contribution in [-0.4, -0.2) is 24.0 Å². The molecule has 0 N–H and O–H groups in total. The maximum absolute atomic E-state index is 13.6. The van der Waals surface area contributed by atoms with E-state index >= 15 is 0 Å². The largest absolute Gasteiger partial charge is 0.493 e. The van der Waals surface area contributed by atoms with Crippen LogP contribution in [0.15, 0.2) is 78.9 Å². The van der Waals surface area contributed by atoms with Crippen LogP contribution in [0.3, 0.4) is 0 Å². The Kier molecular flexibility index (Phi) is 4.36. The third-order valence-electron chi connectivity index (χ3n) is 5.30. The molecule has 5 aromatic rings. The molecule has 0 radical (unpaired) electrons. The van der Waals surface area contributed by atoms with Crippen LogP contribution in [0.2, 0.25) is 0 Å². The summed E-state index contributed by atoms with van der Waals surface area (Å²) in [5.74, 6) is 1.06. The zero-order chi connectivity index (χ0) is 20.7. The molecule has 30 heavy (non-hydrogen) atoms. The van der Waals surface area contributed by atoms with Crippen molar-refractivity contribution in [3.8, 4) is 28.4 Å². The van der Waals surface area contributed by atoms with Crippen molar-refractivity contribution in [2.24, 2.45) is 0 Å². The minimum absolute atomic E-state index is 0.283. The summed E-state index contributed by atoms with van der Waals surface area (Å²) in [6.07, 6.45) is 0. The Bertz CT molecular complexity index is 1360. The summed E-state index contributed by atoms with van der Waals surface area (Å²) in [6, 6.07) is 24.4. The van der Waals surface area contributed by atoms with Gasteiger partial charge in [0.25, 0.3) is 0 Å². The fraction of sp³-hybridized carbons (Fsp3) is 0.0800. The van der Waals surface area contributed by atoms with Crippen molar-refractivity contribution >= 4 is 21.7 Å². The first-order valence-corrected chi connectivity index (χ1v) is 9.59. The average Bonchev–Trinajstić information content (AvgIpc) is 3.19. The van der Waals surface area contributed by atoms with Gasteiger partial charge in [-0.3, -0.25) is 0 Å². The number of ether oxygens (including phenoxy) is 2. The van der Waals surface area contributed by atoms with E-state index in [4.69, 9.17) is 14.6 Å². The van der Waals surface area contributed by atoms with Gasteiger partial charge in [0, 0.05) is 21.7 Å². The second kappa shape index (κ2) is 7.19. The normalized spacial score (nSPS) is 11.2. The highest BCUT2D eigenvalue weighted by Gasteiger charge is 2.19. The Hall–Kier alpha value is -3.86. The molecule has 0 atom stereocenters. The molecule has 0 aliphatic carbocycles. The van der Waals surface area contributed by atoms with Gasteiger partial charge in [0.15, 0.2) is 11.5 Å². The van der Waals surface area contributed by atoms with Crippen LogP contribution in [-0.2, 0) is 0 Å². The van der Waals surface area contributed by atoms with Crippen LogP contribution >= 0.6 is 0 Å². The van der Waals surface area contributed by atoms with Crippen LogP contribution in [0, 0.1) is 5.82 Å². The van der Waals surface area contributed by atoms with Gasteiger partial charge in [0.1, 0.15) is 11.5 Å². The second-order valence-corrected chi connectivity index (χ2v) is 6.96. The van der Waals surface area contributed by atoms with E-state index in [0.717, 1.165) is 38.6 Å². The van der Waals surface area contributed by atoms with Crippen LogP contribution < -0.4 is 9.47 Å². The molecule has 1 heterocycles. The van der Waals surface area contributed by atoms with Gasteiger partial charge in [-0.05, 0) is 48.5 Å². The molecule has 5 rings (SSSR count). The zero-order valence-corrected chi connectivity index (χ0v) is 16.6. The van der Waals surface area contributed by atoms with Gasteiger partial charge in [-0.25, -0.2) is 9.07 Å². The number of nitrogens with zero attached hydrogens (tertiary/aromatic N) is 2. The number of rotatable bonds is 4. The predicted molar refractivity (Wildman–Crippen MR) is 117 cm³/mol. The van der Waals surface area contributed by atoms with E-state index in [1.54, 1.807) is 26.4 Å². The standard InChI is InChI=1S/C25H19FN2O2/c1-29-22-15-14-19-20(25(22)30-2)12-13-21-23(16-6-4-3-5-7-16)27-28(24(19)21)18-10-8-17(26)9-11-18/h3-15H,1-2H3. The van der Waals surface area contributed by atoms with Crippen LogP contribution in [0.25, 0.3) is 38.6 Å². The highest BCUT2D eigenvalue weighted by Crippen LogP contribution is 2.41. The van der Waals surface area contributed by atoms with E-state index in [1.165, 1.54) is 12.1 Å². The molecule has 0 unspecified atom stereocenters. The Balaban J connectivity index is 1.91. The zero-order valence-electron chi connectivity index (χ0n) is 16.6. The van der Waals surface area contributed by atoms with Crippen LogP contribution in [0.1, 0.15) is 0 Å². The van der Waals surface area contributed by atoms with Gasteiger partial charge >= 0.3 is 0 Å². The monoisotopic (exact) mass is 398 g/mol. The van der Waals surface area contributed by atoms with E-state index in [2.05, 4.69) is 6.07 Å². The second-order valence-electron chi connectivity index (χ2n) is 6.96. The first kappa shape index (κ1) is 18.2. The van der Waals surface area contributed by atoms with E-state index in [-0.39, 0.29) is 5.82 Å². The Labute approximate surface area is 173 Å². The van der Waals surface area contributed by atoms with Crippen molar-refractivity contribution in [2.75, 3.05) is 14.2 Å².